The molecule has 0 amide bonds. The van der Waals surface area contributed by atoms with Crippen LogP contribution in [0.25, 0.3) is 5.57 Å². The first-order chi connectivity index (χ1) is 6.91. The summed E-state index contributed by atoms with van der Waals surface area (Å²) in [4.78, 5) is 17.4. The highest BCUT2D eigenvalue weighted by Gasteiger charge is 2.06. The van der Waals surface area contributed by atoms with Crippen LogP contribution in [0.3, 0.4) is 0 Å². The van der Waals surface area contributed by atoms with Crippen LogP contribution in [-0.2, 0) is 0 Å². The summed E-state index contributed by atoms with van der Waals surface area (Å²) in [6, 6.07) is 0. The molecule has 0 spiro atoms. The Hall–Kier alpha value is -1.84. The van der Waals surface area contributed by atoms with Gasteiger partial charge in [0.15, 0.2) is 0 Å². The molecule has 0 atom stereocenters. The maximum absolute atomic E-state index is 11.2. The number of anilines is 1. The van der Waals surface area contributed by atoms with E-state index in [2.05, 4.69) is 16.5 Å². The highest BCUT2D eigenvalue weighted by Crippen LogP contribution is 2.18. The van der Waals surface area contributed by atoms with Crippen molar-refractivity contribution in [3.8, 4) is 0 Å². The highest BCUT2D eigenvalue weighted by atomic mass is 16.1. The van der Waals surface area contributed by atoms with Crippen molar-refractivity contribution in [2.75, 3.05) is 5.73 Å². The third kappa shape index (κ3) is 2.56. The van der Waals surface area contributed by atoms with E-state index in [-0.39, 0.29) is 5.82 Å². The van der Waals surface area contributed by atoms with Gasteiger partial charge in [-0.1, -0.05) is 18.2 Å². The standard InChI is InChI=1S/C11H15N3O/c1-6(2)5-7(3)9-8(4)10(12)14-11(15)13-9/h5H,1H2,2-4H3,(H3,12,13,14,15)/b7-5-. The number of aromatic amines is 1. The van der Waals surface area contributed by atoms with Crippen LogP contribution in [0, 0.1) is 6.92 Å². The minimum Gasteiger partial charge on any atom is -0.383 e. The van der Waals surface area contributed by atoms with Crippen LogP contribution in [0.15, 0.2) is 23.0 Å². The molecule has 0 aromatic carbocycles. The van der Waals surface area contributed by atoms with E-state index >= 15 is 0 Å². The Morgan fingerprint density at radius 2 is 2.13 bits per heavy atom. The van der Waals surface area contributed by atoms with Gasteiger partial charge in [0, 0.05) is 5.56 Å². The summed E-state index contributed by atoms with van der Waals surface area (Å²) in [7, 11) is 0. The van der Waals surface area contributed by atoms with Crippen LogP contribution < -0.4 is 11.4 Å². The number of hydrogen-bond donors (Lipinski definition) is 2. The second-order valence-corrected chi connectivity index (χ2v) is 3.60. The largest absolute Gasteiger partial charge is 0.383 e. The van der Waals surface area contributed by atoms with E-state index in [9.17, 15) is 4.79 Å². The SMILES string of the molecule is C=C(C)/C=C(/C)c1[nH]c(=O)nc(N)c1C. The maximum atomic E-state index is 11.2. The van der Waals surface area contributed by atoms with Crippen molar-refractivity contribution in [2.24, 2.45) is 0 Å². The van der Waals surface area contributed by atoms with Crippen LogP contribution >= 0.6 is 0 Å². The topological polar surface area (TPSA) is 71.8 Å². The fraction of sp³-hybridized carbons (Fsp3) is 0.273. The number of nitrogens with two attached hydrogens (primary N) is 1. The lowest BCUT2D eigenvalue weighted by Crippen LogP contribution is -2.16. The van der Waals surface area contributed by atoms with Crippen molar-refractivity contribution in [2.45, 2.75) is 20.8 Å². The molecule has 0 aliphatic heterocycles. The predicted molar refractivity (Wildman–Crippen MR) is 62.5 cm³/mol. The van der Waals surface area contributed by atoms with Gasteiger partial charge in [-0.15, -0.1) is 0 Å². The second-order valence-electron chi connectivity index (χ2n) is 3.60. The van der Waals surface area contributed by atoms with Gasteiger partial charge in [-0.3, -0.25) is 0 Å². The molecule has 0 aliphatic rings. The Bertz CT molecular complexity index is 483. The summed E-state index contributed by atoms with van der Waals surface area (Å²) in [5.41, 5.74) is 8.52. The molecule has 0 saturated heterocycles. The molecule has 1 aromatic heterocycles. The molecule has 0 aliphatic carbocycles. The van der Waals surface area contributed by atoms with Crippen LogP contribution in [0.4, 0.5) is 5.82 Å². The molecule has 0 saturated carbocycles. The maximum Gasteiger partial charge on any atom is 0.347 e. The zero-order valence-corrected chi connectivity index (χ0v) is 9.22. The number of rotatable bonds is 2. The molecular formula is C11H15N3O. The van der Waals surface area contributed by atoms with Crippen molar-refractivity contribution in [1.29, 1.82) is 0 Å². The summed E-state index contributed by atoms with van der Waals surface area (Å²) >= 11 is 0. The molecule has 0 bridgehead atoms. The molecular weight excluding hydrogens is 190 g/mol. The third-order valence-electron chi connectivity index (χ3n) is 2.07. The van der Waals surface area contributed by atoms with Crippen molar-refractivity contribution >= 4 is 11.4 Å². The van der Waals surface area contributed by atoms with Crippen LogP contribution in [0.1, 0.15) is 25.1 Å². The van der Waals surface area contributed by atoms with Gasteiger partial charge in [0.25, 0.3) is 0 Å². The zero-order chi connectivity index (χ0) is 11.6. The number of aromatic nitrogens is 2. The fourth-order valence-electron chi connectivity index (χ4n) is 1.39. The molecule has 1 aromatic rings. The summed E-state index contributed by atoms with van der Waals surface area (Å²) in [6.45, 7) is 9.39. The number of nitrogens with one attached hydrogen (secondary N) is 1. The smallest absolute Gasteiger partial charge is 0.347 e. The average Bonchev–Trinajstić information content (AvgIpc) is 2.09. The number of nitrogens with zero attached hydrogens (tertiary/aromatic N) is 1. The Morgan fingerprint density at radius 1 is 1.53 bits per heavy atom. The van der Waals surface area contributed by atoms with E-state index in [1.54, 1.807) is 0 Å². The van der Waals surface area contributed by atoms with Crippen molar-refractivity contribution in [3.63, 3.8) is 0 Å². The quantitative estimate of drug-likeness (QED) is 0.721. The average molecular weight is 205 g/mol. The monoisotopic (exact) mass is 205 g/mol. The number of H-pyrrole nitrogens is 1. The molecule has 3 N–H and O–H groups in total. The van der Waals surface area contributed by atoms with Gasteiger partial charge < -0.3 is 10.7 Å². The van der Waals surface area contributed by atoms with Gasteiger partial charge in [0.05, 0.1) is 5.69 Å². The Labute approximate surface area is 88.5 Å². The molecule has 4 heteroatoms. The van der Waals surface area contributed by atoms with Gasteiger partial charge >= 0.3 is 5.69 Å². The Kier molecular flexibility index (Phi) is 3.09. The molecule has 0 unspecified atom stereocenters. The second kappa shape index (κ2) is 4.13. The lowest BCUT2D eigenvalue weighted by atomic mass is 10.1. The summed E-state index contributed by atoms with van der Waals surface area (Å²) in [5, 5.41) is 0. The molecule has 0 fully saturated rings. The first kappa shape index (κ1) is 11.2. The lowest BCUT2D eigenvalue weighted by molar-refractivity contribution is 1.04. The predicted octanol–water partition coefficient (Wildman–Crippen LogP) is 1.64. The van der Waals surface area contributed by atoms with E-state index in [4.69, 9.17) is 5.73 Å². The van der Waals surface area contributed by atoms with Gasteiger partial charge in [0.2, 0.25) is 0 Å². The molecule has 80 valence electrons. The Morgan fingerprint density at radius 3 is 2.67 bits per heavy atom. The minimum atomic E-state index is -0.428. The summed E-state index contributed by atoms with van der Waals surface area (Å²) in [5.74, 6) is 0.267. The molecule has 15 heavy (non-hydrogen) atoms. The molecule has 1 heterocycles. The van der Waals surface area contributed by atoms with Crippen LogP contribution in [-0.4, -0.2) is 9.97 Å². The van der Waals surface area contributed by atoms with Crippen molar-refractivity contribution in [1.82, 2.24) is 9.97 Å². The van der Waals surface area contributed by atoms with Gasteiger partial charge in [-0.05, 0) is 26.3 Å². The first-order valence-electron chi connectivity index (χ1n) is 4.62. The third-order valence-corrected chi connectivity index (χ3v) is 2.07. The van der Waals surface area contributed by atoms with Crippen molar-refractivity contribution < 1.29 is 0 Å². The van der Waals surface area contributed by atoms with E-state index < -0.39 is 5.69 Å². The van der Waals surface area contributed by atoms with E-state index in [0.29, 0.717) is 0 Å². The summed E-state index contributed by atoms with van der Waals surface area (Å²) < 4.78 is 0. The normalized spacial score (nSPS) is 11.5. The minimum absolute atomic E-state index is 0.267. The van der Waals surface area contributed by atoms with E-state index in [1.807, 2.05) is 26.8 Å². The molecule has 1 rings (SSSR count). The first-order valence-corrected chi connectivity index (χ1v) is 4.62. The number of hydrogen-bond acceptors (Lipinski definition) is 3. The van der Waals surface area contributed by atoms with Crippen LogP contribution in [0.5, 0.6) is 0 Å². The van der Waals surface area contributed by atoms with Crippen molar-refractivity contribution in [3.05, 3.63) is 40.0 Å². The molecule has 4 nitrogen and oxygen atoms in total. The van der Waals surface area contributed by atoms with E-state index in [0.717, 1.165) is 22.4 Å². The molecule has 0 radical (unpaired) electrons. The summed E-state index contributed by atoms with van der Waals surface area (Å²) in [6.07, 6.45) is 1.89. The zero-order valence-electron chi connectivity index (χ0n) is 9.22. The fourth-order valence-corrected chi connectivity index (χ4v) is 1.39. The van der Waals surface area contributed by atoms with Gasteiger partial charge in [-0.2, -0.15) is 4.98 Å². The van der Waals surface area contributed by atoms with E-state index in [1.165, 1.54) is 0 Å². The van der Waals surface area contributed by atoms with Gasteiger partial charge in [-0.25, -0.2) is 4.79 Å². The van der Waals surface area contributed by atoms with Gasteiger partial charge in [0.1, 0.15) is 5.82 Å². The number of allylic oxidation sites excluding steroid dienone is 3. The number of nitrogen functional groups attached to an aromatic ring is 1. The highest BCUT2D eigenvalue weighted by molar-refractivity contribution is 5.68. The van der Waals surface area contributed by atoms with Crippen LogP contribution in [0.2, 0.25) is 0 Å². The Balaban J connectivity index is 3.38. The lowest BCUT2D eigenvalue weighted by Gasteiger charge is -2.07.